The minimum atomic E-state index is -1.47. The van der Waals surface area contributed by atoms with Crippen LogP contribution in [0.1, 0.15) is 175 Å². The van der Waals surface area contributed by atoms with Gasteiger partial charge in [-0.15, -0.1) is 0 Å². The summed E-state index contributed by atoms with van der Waals surface area (Å²) in [6, 6.07) is -3.31. The van der Waals surface area contributed by atoms with Crippen molar-refractivity contribution in [3.63, 3.8) is 0 Å². The van der Waals surface area contributed by atoms with Gasteiger partial charge in [-0.25, -0.2) is 0 Å². The zero-order valence-corrected chi connectivity index (χ0v) is 69.5. The molecule has 0 aliphatic carbocycles. The van der Waals surface area contributed by atoms with Gasteiger partial charge in [0.1, 0.15) is 90.8 Å². The van der Waals surface area contributed by atoms with E-state index in [2.05, 4.69) is 58.5 Å². The number of hydrogen-bond donors (Lipinski definition) is 22. The maximum Gasteiger partial charge on any atom is 0.249 e. The van der Waals surface area contributed by atoms with Crippen molar-refractivity contribution >= 4 is 65.0 Å². The van der Waals surface area contributed by atoms with Gasteiger partial charge in [-0.1, -0.05) is 32.1 Å². The third-order valence-electron chi connectivity index (χ3n) is 20.0. The van der Waals surface area contributed by atoms with Crippen molar-refractivity contribution in [3.8, 4) is 0 Å². The maximum absolute atomic E-state index is 14.0. The summed E-state index contributed by atoms with van der Waals surface area (Å²) in [5.41, 5.74) is -1.45. The van der Waals surface area contributed by atoms with Crippen LogP contribution in [0.5, 0.6) is 0 Å². The normalized spacial score (nSPS) is 25.8. The second kappa shape index (κ2) is 60.8. The van der Waals surface area contributed by atoms with Crippen LogP contribution in [0.2, 0.25) is 0 Å². The van der Waals surface area contributed by atoms with Crippen LogP contribution in [-0.4, -0.2) is 369 Å². The van der Waals surface area contributed by atoms with Crippen LogP contribution in [0, 0.1) is 0 Å². The molecule has 692 valence electrons. The summed E-state index contributed by atoms with van der Waals surface area (Å²) in [6.45, 7) is 2.18. The number of aliphatic hydroxyl groups is 11. The van der Waals surface area contributed by atoms with E-state index in [0.717, 1.165) is 25.7 Å². The topological polar surface area (TPSA) is 635 Å². The molecule has 0 saturated carbocycles. The maximum atomic E-state index is 14.0. The molecule has 4 aliphatic heterocycles. The summed E-state index contributed by atoms with van der Waals surface area (Å²) >= 11 is 0. The summed E-state index contributed by atoms with van der Waals surface area (Å²) < 4.78 is 57.6. The molecule has 0 aromatic rings. The number of amides is 11. The third kappa shape index (κ3) is 42.1. The lowest BCUT2D eigenvalue weighted by Crippen LogP contribution is -2.64. The summed E-state index contributed by atoms with van der Waals surface area (Å²) in [4.78, 5) is 139. The lowest BCUT2D eigenvalue weighted by molar-refractivity contribution is -0.270. The Labute approximate surface area is 699 Å². The predicted octanol–water partition coefficient (Wildman–Crippen LogP) is -6.93. The fraction of sp³-hybridized carbons (Fsp3) is 0.857. The summed E-state index contributed by atoms with van der Waals surface area (Å²) in [5, 5.41) is 140. The molecule has 11 amide bonds. The van der Waals surface area contributed by atoms with Crippen molar-refractivity contribution in [1.29, 1.82) is 0 Å². The largest absolute Gasteiger partial charge is 0.394 e. The zero-order valence-electron chi connectivity index (χ0n) is 69.5. The van der Waals surface area contributed by atoms with E-state index in [4.69, 9.17) is 47.4 Å². The van der Waals surface area contributed by atoms with Crippen LogP contribution in [-0.2, 0) is 100 Å². The second-order valence-electron chi connectivity index (χ2n) is 30.3. The molecule has 43 nitrogen and oxygen atoms in total. The first-order chi connectivity index (χ1) is 57.5. The van der Waals surface area contributed by atoms with Gasteiger partial charge in [0.25, 0.3) is 0 Å². The van der Waals surface area contributed by atoms with E-state index < -0.39 is 153 Å². The third-order valence-corrected chi connectivity index (χ3v) is 20.0. The molecule has 120 heavy (non-hydrogen) atoms. The molecule has 22 N–H and O–H groups in total. The van der Waals surface area contributed by atoms with Crippen LogP contribution < -0.4 is 58.5 Å². The Hall–Kier alpha value is -6.67. The molecule has 43 heteroatoms. The number of unbranched alkanes of at least 4 members (excludes halogenated alkanes) is 9. The Morgan fingerprint density at radius 2 is 0.600 bits per heavy atom. The Balaban J connectivity index is 1.29. The van der Waals surface area contributed by atoms with Gasteiger partial charge in [0, 0.05) is 138 Å². The van der Waals surface area contributed by atoms with Crippen molar-refractivity contribution in [2.24, 2.45) is 0 Å². The van der Waals surface area contributed by atoms with E-state index in [9.17, 15) is 109 Å². The van der Waals surface area contributed by atoms with Crippen LogP contribution >= 0.6 is 0 Å². The lowest BCUT2D eigenvalue weighted by atomic mass is 9.97. The summed E-state index contributed by atoms with van der Waals surface area (Å²) in [7, 11) is 0. The lowest BCUT2D eigenvalue weighted by Gasteiger charge is -2.42. The van der Waals surface area contributed by atoms with Gasteiger partial charge in [-0.2, -0.15) is 0 Å². The highest BCUT2D eigenvalue weighted by molar-refractivity contribution is 5.81. The van der Waals surface area contributed by atoms with Gasteiger partial charge in [-0.3, -0.25) is 52.7 Å². The molecule has 0 bridgehead atoms. The highest BCUT2D eigenvalue weighted by atomic mass is 16.7. The Bertz CT molecular complexity index is 2750. The zero-order chi connectivity index (χ0) is 88.2. The monoisotopic (exact) mass is 1730 g/mol. The van der Waals surface area contributed by atoms with E-state index >= 15 is 0 Å². The second-order valence-corrected chi connectivity index (χ2v) is 30.3. The standard InChI is InChI=1S/C77H137N11O32/c1-48(93)85-64-70(107)67(104)54(42-90)118-74(64)114-34-14-10-20-57(97)78-28-17-31-81-60(100)24-37-111-45-77(88-63(103)23-9-7-5-4-6-8-13-27-84-73(110)52-40-51(96)53(41-89)117-52,46-112-38-25-61(101)82-32-18-29-79-58(98)21-11-15-35-115-75-65(86-49(2)94)71(108)68(105)55(43-91)119-75)47-113-39-26-62(102)83-33-19-30-80-59(99)22-12-16-36-116-76-66(87-50(3)95)72(109)69(106)56(44-92)120-76/h51-56,64-72,74-76,89-92,96,104-109H,4-47H2,1-3H3,(H,78,97)(H,79,98)(H,80,99)(H,81,100)(H,82,101)(H,83,102)(H,84,110)(H,85,93)(H,86,94)(H,87,95)(H,88,103). The number of hydrogen-bond acceptors (Lipinski definition) is 32. The first kappa shape index (κ1) is 106. The van der Waals surface area contributed by atoms with Crippen molar-refractivity contribution < 1.29 is 156 Å². The molecular formula is C77H137N11O32. The quantitative estimate of drug-likeness (QED) is 0.0252. The molecule has 0 spiro atoms. The smallest absolute Gasteiger partial charge is 0.249 e. The van der Waals surface area contributed by atoms with E-state index in [1.54, 1.807) is 0 Å². The average Bonchev–Trinajstić information content (AvgIpc) is 1.38. The van der Waals surface area contributed by atoms with Crippen molar-refractivity contribution in [3.05, 3.63) is 0 Å². The van der Waals surface area contributed by atoms with Crippen LogP contribution in [0.3, 0.4) is 0 Å². The molecule has 4 fully saturated rings. The first-order valence-corrected chi connectivity index (χ1v) is 42.0. The van der Waals surface area contributed by atoms with Gasteiger partial charge >= 0.3 is 0 Å². The fourth-order valence-corrected chi connectivity index (χ4v) is 13.3. The number of rotatable bonds is 64. The highest BCUT2D eigenvalue weighted by Gasteiger charge is 2.48. The Morgan fingerprint density at radius 3 is 0.908 bits per heavy atom. The average molecular weight is 1730 g/mol. The van der Waals surface area contributed by atoms with Gasteiger partial charge in [-0.05, 0) is 70.6 Å². The van der Waals surface area contributed by atoms with Crippen LogP contribution in [0.4, 0.5) is 0 Å². The molecule has 0 aromatic carbocycles. The number of aliphatic hydroxyl groups excluding tert-OH is 11. The molecule has 4 aliphatic rings. The van der Waals surface area contributed by atoms with Gasteiger partial charge in [0.05, 0.1) is 72.2 Å². The minimum Gasteiger partial charge on any atom is -0.394 e. The molecule has 4 rings (SSSR count). The van der Waals surface area contributed by atoms with E-state index in [1.807, 2.05) is 0 Å². The molecule has 0 aromatic heterocycles. The van der Waals surface area contributed by atoms with Gasteiger partial charge in [0.2, 0.25) is 65.0 Å². The number of carbonyl (C=O) groups is 11. The summed E-state index contributed by atoms with van der Waals surface area (Å²) in [6.07, 6.45) is -9.34. The molecule has 18 atom stereocenters. The Kier molecular flexibility index (Phi) is 53.5. The van der Waals surface area contributed by atoms with Crippen LogP contribution in [0.25, 0.3) is 0 Å². The van der Waals surface area contributed by atoms with Gasteiger partial charge in [0.15, 0.2) is 18.9 Å². The summed E-state index contributed by atoms with van der Waals surface area (Å²) in [5.74, 6) is -4.17. The predicted molar refractivity (Wildman–Crippen MR) is 421 cm³/mol. The molecular weight excluding hydrogens is 1590 g/mol. The van der Waals surface area contributed by atoms with E-state index in [0.29, 0.717) is 83.6 Å². The van der Waals surface area contributed by atoms with Crippen molar-refractivity contribution in [2.45, 2.75) is 291 Å². The van der Waals surface area contributed by atoms with Crippen molar-refractivity contribution in [2.75, 3.05) is 132 Å². The number of ether oxygens (including phenoxy) is 10. The van der Waals surface area contributed by atoms with E-state index in [1.165, 1.54) is 20.8 Å². The van der Waals surface area contributed by atoms with E-state index in [-0.39, 0.29) is 204 Å². The van der Waals surface area contributed by atoms with Gasteiger partial charge < -0.3 is 162 Å². The molecule has 18 unspecified atom stereocenters. The number of carbonyl (C=O) groups excluding carboxylic acids is 11. The fourth-order valence-electron chi connectivity index (χ4n) is 13.3. The highest BCUT2D eigenvalue weighted by Crippen LogP contribution is 2.27. The SMILES string of the molecule is CC(=O)NC1C(OCCCCC(=O)NCCCNC(=O)CCOCC(COCCC(=O)NCCCNC(=O)CCCCOC2OC(CO)C(O)C(O)C2NC(C)=O)(COCCC(=O)NCCCNC(=O)CCCCOC2OC(CO)C(O)C(O)C2NC(C)=O)NC(=O)CCCCCCCCCNC(=O)C2CC(O)C(CO)O2)OC(CO)C(O)C1O. The minimum absolute atomic E-state index is 0.0696. The Morgan fingerprint density at radius 1 is 0.317 bits per heavy atom. The molecule has 4 heterocycles. The molecule has 4 saturated heterocycles. The van der Waals surface area contributed by atoms with Crippen LogP contribution in [0.15, 0.2) is 0 Å². The van der Waals surface area contributed by atoms with Crippen molar-refractivity contribution in [1.82, 2.24) is 58.5 Å². The number of nitrogens with one attached hydrogen (secondary N) is 11. The molecule has 0 radical (unpaired) electrons. The first-order valence-electron chi connectivity index (χ1n) is 42.0.